The summed E-state index contributed by atoms with van der Waals surface area (Å²) in [7, 11) is 0. The molecule has 1 aromatic heterocycles. The van der Waals surface area contributed by atoms with Crippen molar-refractivity contribution in [3.63, 3.8) is 0 Å². The summed E-state index contributed by atoms with van der Waals surface area (Å²) >= 11 is 0. The van der Waals surface area contributed by atoms with Gasteiger partial charge in [0.2, 0.25) is 0 Å². The summed E-state index contributed by atoms with van der Waals surface area (Å²) in [6.45, 7) is 1.85. The number of nitrogens with one attached hydrogen (secondary N) is 1. The van der Waals surface area contributed by atoms with Gasteiger partial charge >= 0.3 is 0 Å². The van der Waals surface area contributed by atoms with Crippen LogP contribution in [0.15, 0.2) is 42.7 Å². The van der Waals surface area contributed by atoms with Crippen molar-refractivity contribution in [3.8, 4) is 11.8 Å². The molecule has 5 nitrogen and oxygen atoms in total. The first-order chi connectivity index (χ1) is 9.69. The van der Waals surface area contributed by atoms with E-state index in [0.29, 0.717) is 17.0 Å². The molecule has 0 atom stereocenters. The lowest BCUT2D eigenvalue weighted by atomic mass is 10.2. The summed E-state index contributed by atoms with van der Waals surface area (Å²) in [4.78, 5) is 16.0. The second kappa shape index (κ2) is 6.34. The van der Waals surface area contributed by atoms with E-state index in [-0.39, 0.29) is 12.5 Å². The van der Waals surface area contributed by atoms with E-state index in [0.717, 1.165) is 5.56 Å². The molecule has 5 heteroatoms. The molecule has 1 amide bonds. The number of rotatable bonds is 4. The molecule has 2 rings (SSSR count). The van der Waals surface area contributed by atoms with Gasteiger partial charge in [0, 0.05) is 24.1 Å². The van der Waals surface area contributed by atoms with Gasteiger partial charge in [0.15, 0.2) is 6.61 Å². The van der Waals surface area contributed by atoms with Crippen molar-refractivity contribution in [1.82, 2.24) is 4.98 Å². The van der Waals surface area contributed by atoms with Crippen LogP contribution in [0.2, 0.25) is 0 Å². The molecule has 0 unspecified atom stereocenters. The molecule has 0 aliphatic heterocycles. The first-order valence-corrected chi connectivity index (χ1v) is 6.02. The smallest absolute Gasteiger partial charge is 0.257 e. The highest BCUT2D eigenvalue weighted by Gasteiger charge is 2.07. The molecule has 0 spiro atoms. The number of aryl methyl sites for hydroxylation is 1. The van der Waals surface area contributed by atoms with E-state index in [1.165, 1.54) is 6.20 Å². The quantitative estimate of drug-likeness (QED) is 0.923. The molecule has 1 heterocycles. The molecule has 0 aliphatic rings. The Kier molecular flexibility index (Phi) is 4.30. The second-order valence-corrected chi connectivity index (χ2v) is 4.18. The van der Waals surface area contributed by atoms with Crippen LogP contribution in [0.3, 0.4) is 0 Å². The van der Waals surface area contributed by atoms with Gasteiger partial charge in [-0.25, -0.2) is 0 Å². The number of benzene rings is 1. The maximum atomic E-state index is 12.0. The highest BCUT2D eigenvalue weighted by Crippen LogP contribution is 2.18. The lowest BCUT2D eigenvalue weighted by molar-refractivity contribution is 0.102. The number of ether oxygens (including phenoxy) is 1. The zero-order chi connectivity index (χ0) is 14.4. The molecular formula is C15H13N3O2. The van der Waals surface area contributed by atoms with Gasteiger partial charge in [-0.1, -0.05) is 6.07 Å². The largest absolute Gasteiger partial charge is 0.479 e. The number of hydrogen-bond acceptors (Lipinski definition) is 4. The minimum atomic E-state index is -0.237. The summed E-state index contributed by atoms with van der Waals surface area (Å²) in [6, 6.07) is 10.5. The van der Waals surface area contributed by atoms with Crippen molar-refractivity contribution < 1.29 is 9.53 Å². The van der Waals surface area contributed by atoms with Crippen LogP contribution in [0.5, 0.6) is 5.75 Å². The maximum absolute atomic E-state index is 12.0. The second-order valence-electron chi connectivity index (χ2n) is 4.18. The molecule has 0 radical (unpaired) electrons. The molecule has 2 aromatic rings. The number of amides is 1. The minimum absolute atomic E-state index is 0.0286. The predicted molar refractivity (Wildman–Crippen MR) is 74.5 cm³/mol. The molecule has 1 aromatic carbocycles. The fraction of sp³-hybridized carbons (Fsp3) is 0.133. The summed E-state index contributed by atoms with van der Waals surface area (Å²) in [5, 5.41) is 11.2. The third-order valence-electron chi connectivity index (χ3n) is 2.53. The van der Waals surface area contributed by atoms with Crippen LogP contribution in [0.1, 0.15) is 15.9 Å². The lowest BCUT2D eigenvalue weighted by Gasteiger charge is -2.07. The monoisotopic (exact) mass is 267 g/mol. The minimum Gasteiger partial charge on any atom is -0.479 e. The van der Waals surface area contributed by atoms with Gasteiger partial charge in [0.05, 0.1) is 5.56 Å². The Morgan fingerprint density at radius 1 is 1.40 bits per heavy atom. The summed E-state index contributed by atoms with van der Waals surface area (Å²) in [5.74, 6) is 0.297. The molecule has 20 heavy (non-hydrogen) atoms. The van der Waals surface area contributed by atoms with Crippen LogP contribution in [0, 0.1) is 18.3 Å². The molecule has 0 aliphatic carbocycles. The summed E-state index contributed by atoms with van der Waals surface area (Å²) in [5.41, 5.74) is 2.02. The first kappa shape index (κ1) is 13.6. The van der Waals surface area contributed by atoms with Crippen LogP contribution in [-0.4, -0.2) is 17.5 Å². The Balaban J connectivity index is 2.10. The van der Waals surface area contributed by atoms with Crippen molar-refractivity contribution >= 4 is 11.6 Å². The number of carbonyl (C=O) groups excluding carboxylic acids is 1. The highest BCUT2D eigenvalue weighted by atomic mass is 16.5. The molecule has 1 N–H and O–H groups in total. The maximum Gasteiger partial charge on any atom is 0.257 e. The topological polar surface area (TPSA) is 75.0 Å². The first-order valence-electron chi connectivity index (χ1n) is 6.02. The van der Waals surface area contributed by atoms with Crippen LogP contribution in [0.4, 0.5) is 5.69 Å². The number of hydrogen-bond donors (Lipinski definition) is 1. The van der Waals surface area contributed by atoms with E-state index in [1.54, 1.807) is 36.5 Å². The van der Waals surface area contributed by atoms with Crippen molar-refractivity contribution in [3.05, 3.63) is 53.9 Å². The number of aromatic nitrogens is 1. The van der Waals surface area contributed by atoms with E-state index in [9.17, 15) is 4.79 Å². The number of anilines is 1. The average Bonchev–Trinajstić information content (AvgIpc) is 2.45. The molecule has 100 valence electrons. The summed E-state index contributed by atoms with van der Waals surface area (Å²) < 4.78 is 5.18. The predicted octanol–water partition coefficient (Wildman–Crippen LogP) is 2.54. The van der Waals surface area contributed by atoms with E-state index in [1.807, 2.05) is 13.0 Å². The number of nitrogens with zero attached hydrogens (tertiary/aromatic N) is 2. The van der Waals surface area contributed by atoms with Gasteiger partial charge in [-0.3, -0.25) is 9.78 Å². The Morgan fingerprint density at radius 3 is 3.00 bits per heavy atom. The van der Waals surface area contributed by atoms with Gasteiger partial charge in [0.1, 0.15) is 11.8 Å². The van der Waals surface area contributed by atoms with Gasteiger partial charge < -0.3 is 10.1 Å². The lowest BCUT2D eigenvalue weighted by Crippen LogP contribution is -2.12. The van der Waals surface area contributed by atoms with Gasteiger partial charge in [0.25, 0.3) is 5.91 Å². The molecule has 0 bridgehead atoms. The third kappa shape index (κ3) is 3.56. The van der Waals surface area contributed by atoms with Crippen molar-refractivity contribution in [2.75, 3.05) is 11.9 Å². The van der Waals surface area contributed by atoms with E-state index in [4.69, 9.17) is 10.00 Å². The third-order valence-corrected chi connectivity index (χ3v) is 2.53. The molecule has 0 saturated carbocycles. The average molecular weight is 267 g/mol. The van der Waals surface area contributed by atoms with E-state index in [2.05, 4.69) is 10.3 Å². The summed E-state index contributed by atoms with van der Waals surface area (Å²) in [6.07, 6.45) is 3.20. The highest BCUT2D eigenvalue weighted by molar-refractivity contribution is 6.04. The molecule has 0 saturated heterocycles. The number of pyridine rings is 1. The van der Waals surface area contributed by atoms with Gasteiger partial charge in [-0.05, 0) is 30.7 Å². The van der Waals surface area contributed by atoms with Crippen LogP contribution in [0.25, 0.3) is 0 Å². The Morgan fingerprint density at radius 2 is 2.25 bits per heavy atom. The Bertz CT molecular complexity index is 662. The zero-order valence-electron chi connectivity index (χ0n) is 11.0. The number of nitriles is 1. The van der Waals surface area contributed by atoms with E-state index >= 15 is 0 Å². The normalized spacial score (nSPS) is 9.60. The number of carbonyl (C=O) groups is 1. The molecule has 0 fully saturated rings. The fourth-order valence-corrected chi connectivity index (χ4v) is 1.66. The zero-order valence-corrected chi connectivity index (χ0v) is 11.0. The van der Waals surface area contributed by atoms with Gasteiger partial charge in [-0.2, -0.15) is 5.26 Å². The standard InChI is InChI=1S/C15H13N3O2/c1-11-7-12(10-17-9-11)15(19)18-13-3-2-4-14(8-13)20-6-5-16/h2-4,7-10H,6H2,1H3,(H,18,19). The SMILES string of the molecule is Cc1cncc(C(=O)Nc2cccc(OCC#N)c2)c1. The van der Waals surface area contributed by atoms with Crippen LogP contribution >= 0.6 is 0 Å². The van der Waals surface area contributed by atoms with Gasteiger partial charge in [-0.15, -0.1) is 0 Å². The van der Waals surface area contributed by atoms with Crippen LogP contribution in [-0.2, 0) is 0 Å². The van der Waals surface area contributed by atoms with Crippen molar-refractivity contribution in [1.29, 1.82) is 5.26 Å². The van der Waals surface area contributed by atoms with Crippen molar-refractivity contribution in [2.45, 2.75) is 6.92 Å². The van der Waals surface area contributed by atoms with Crippen molar-refractivity contribution in [2.24, 2.45) is 0 Å². The fourth-order valence-electron chi connectivity index (χ4n) is 1.66. The van der Waals surface area contributed by atoms with E-state index < -0.39 is 0 Å². The molecular weight excluding hydrogens is 254 g/mol. The van der Waals surface area contributed by atoms with Crippen LogP contribution < -0.4 is 10.1 Å². The Hall–Kier alpha value is -2.87. The Labute approximate surface area is 116 Å².